The zero-order chi connectivity index (χ0) is 10.9. The van der Waals surface area contributed by atoms with Crippen molar-refractivity contribution in [3.05, 3.63) is 22.8 Å². The Bertz CT molecular complexity index is 377. The van der Waals surface area contributed by atoms with E-state index in [1.807, 2.05) is 0 Å². The topological polar surface area (TPSA) is 163 Å². The molecule has 16 heavy (non-hydrogen) atoms. The van der Waals surface area contributed by atoms with E-state index >= 15 is 0 Å². The van der Waals surface area contributed by atoms with Crippen LogP contribution in [0.15, 0.2) is 0 Å². The summed E-state index contributed by atoms with van der Waals surface area (Å²) in [6, 6.07) is 0. The van der Waals surface area contributed by atoms with Crippen LogP contribution in [0.5, 0.6) is 0 Å². The van der Waals surface area contributed by atoms with E-state index in [1.54, 1.807) is 0 Å². The summed E-state index contributed by atoms with van der Waals surface area (Å²) in [5.74, 6) is -2.43. The number of aromatic carboxylic acids is 2. The Balaban J connectivity index is 0. The van der Waals surface area contributed by atoms with Gasteiger partial charge in [-0.25, -0.2) is 19.6 Å². The molecule has 0 aliphatic heterocycles. The Kier molecular flexibility index (Phi) is 5.87. The van der Waals surface area contributed by atoms with Gasteiger partial charge in [-0.2, -0.15) is 0 Å². The third-order valence-electron chi connectivity index (χ3n) is 1.65. The average Bonchev–Trinajstić information content (AvgIpc) is 2.07. The van der Waals surface area contributed by atoms with Gasteiger partial charge in [-0.3, -0.25) is 0 Å². The summed E-state index contributed by atoms with van der Waals surface area (Å²) in [4.78, 5) is 28.5. The Labute approximate surface area is 90.2 Å². The highest BCUT2D eigenvalue weighted by atomic mass is 16.4. The van der Waals surface area contributed by atoms with Crippen LogP contribution >= 0.6 is 0 Å². The van der Waals surface area contributed by atoms with Crippen LogP contribution in [0.4, 0.5) is 0 Å². The van der Waals surface area contributed by atoms with E-state index in [-0.39, 0.29) is 33.7 Å². The molecule has 0 unspecified atom stereocenters. The van der Waals surface area contributed by atoms with Gasteiger partial charge in [0.1, 0.15) is 0 Å². The number of carboxylic acid groups (broad SMARTS) is 2. The molecular formula is C8H12N2O6. The number of hydrogen-bond acceptors (Lipinski definition) is 4. The van der Waals surface area contributed by atoms with Crippen molar-refractivity contribution in [2.75, 3.05) is 0 Å². The summed E-state index contributed by atoms with van der Waals surface area (Å²) < 4.78 is 0. The molecule has 90 valence electrons. The first-order valence-corrected chi connectivity index (χ1v) is 3.75. The quantitative estimate of drug-likeness (QED) is 0.652. The maximum atomic E-state index is 10.6. The molecule has 8 nitrogen and oxygen atoms in total. The van der Waals surface area contributed by atoms with E-state index < -0.39 is 11.9 Å². The maximum absolute atomic E-state index is 10.6. The van der Waals surface area contributed by atoms with E-state index in [9.17, 15) is 9.59 Å². The lowest BCUT2D eigenvalue weighted by Gasteiger charge is -2.03. The van der Waals surface area contributed by atoms with E-state index in [1.165, 1.54) is 13.8 Å². The summed E-state index contributed by atoms with van der Waals surface area (Å²) in [6.07, 6.45) is 0. The number of aryl methyl sites for hydroxylation is 2. The standard InChI is InChI=1S/C8H8N2O4.2H2O/c1-3-5(7(11)12)10-4(2)6(9-3)8(13)14;;/h1-2H3,(H,11,12)(H,13,14);2*1H2. The van der Waals surface area contributed by atoms with E-state index in [0.29, 0.717) is 0 Å². The molecule has 0 saturated heterocycles. The molecule has 0 radical (unpaired) electrons. The molecule has 1 aromatic heterocycles. The molecule has 0 spiro atoms. The van der Waals surface area contributed by atoms with Crippen molar-refractivity contribution < 1.29 is 30.8 Å². The van der Waals surface area contributed by atoms with Crippen LogP contribution in [-0.4, -0.2) is 43.1 Å². The number of aromatic nitrogens is 2. The van der Waals surface area contributed by atoms with Gasteiger partial charge in [0, 0.05) is 0 Å². The molecular weight excluding hydrogens is 220 g/mol. The predicted molar refractivity (Wildman–Crippen MR) is 52.7 cm³/mol. The van der Waals surface area contributed by atoms with Gasteiger partial charge in [-0.15, -0.1) is 0 Å². The van der Waals surface area contributed by atoms with E-state index in [2.05, 4.69) is 9.97 Å². The highest BCUT2D eigenvalue weighted by molar-refractivity contribution is 5.89. The molecule has 0 atom stereocenters. The molecule has 1 aromatic rings. The normalized spacial score (nSPS) is 8.62. The van der Waals surface area contributed by atoms with Crippen LogP contribution in [0.25, 0.3) is 0 Å². The Morgan fingerprint density at radius 2 is 1.12 bits per heavy atom. The Morgan fingerprint density at radius 1 is 0.875 bits per heavy atom. The van der Waals surface area contributed by atoms with E-state index in [0.717, 1.165) is 0 Å². The third kappa shape index (κ3) is 2.97. The first kappa shape index (κ1) is 16.4. The van der Waals surface area contributed by atoms with Gasteiger partial charge in [-0.1, -0.05) is 0 Å². The summed E-state index contributed by atoms with van der Waals surface area (Å²) in [5.41, 5.74) is -0.235. The van der Waals surface area contributed by atoms with Crippen molar-refractivity contribution in [1.29, 1.82) is 0 Å². The van der Waals surface area contributed by atoms with Crippen molar-refractivity contribution in [3.8, 4) is 0 Å². The number of nitrogens with zero attached hydrogens (tertiary/aromatic N) is 2. The molecule has 0 bridgehead atoms. The summed E-state index contributed by atoms with van der Waals surface area (Å²) in [7, 11) is 0. The zero-order valence-electron chi connectivity index (χ0n) is 8.61. The van der Waals surface area contributed by atoms with Gasteiger partial charge in [0.05, 0.1) is 11.4 Å². The lowest BCUT2D eigenvalue weighted by Crippen LogP contribution is -2.13. The van der Waals surface area contributed by atoms with Crippen LogP contribution < -0.4 is 0 Å². The van der Waals surface area contributed by atoms with Crippen molar-refractivity contribution in [1.82, 2.24) is 9.97 Å². The number of rotatable bonds is 2. The Morgan fingerprint density at radius 3 is 1.31 bits per heavy atom. The Hall–Kier alpha value is -2.06. The fourth-order valence-corrected chi connectivity index (χ4v) is 1.01. The van der Waals surface area contributed by atoms with Crippen LogP contribution in [0.3, 0.4) is 0 Å². The summed E-state index contributed by atoms with van der Waals surface area (Å²) >= 11 is 0. The highest BCUT2D eigenvalue weighted by Crippen LogP contribution is 2.07. The molecule has 1 rings (SSSR count). The van der Waals surface area contributed by atoms with Crippen LogP contribution in [0, 0.1) is 13.8 Å². The van der Waals surface area contributed by atoms with Gasteiger partial charge < -0.3 is 21.2 Å². The van der Waals surface area contributed by atoms with Crippen molar-refractivity contribution in [3.63, 3.8) is 0 Å². The minimum absolute atomic E-state index is 0. The molecule has 0 aromatic carbocycles. The van der Waals surface area contributed by atoms with Crippen molar-refractivity contribution in [2.24, 2.45) is 0 Å². The second kappa shape index (κ2) is 5.73. The van der Waals surface area contributed by atoms with Gasteiger partial charge in [-0.05, 0) is 13.8 Å². The molecule has 1 heterocycles. The van der Waals surface area contributed by atoms with E-state index in [4.69, 9.17) is 10.2 Å². The maximum Gasteiger partial charge on any atom is 0.356 e. The molecule has 6 N–H and O–H groups in total. The van der Waals surface area contributed by atoms with Gasteiger partial charge in [0.2, 0.25) is 0 Å². The minimum Gasteiger partial charge on any atom is -0.476 e. The molecule has 0 aliphatic carbocycles. The smallest absolute Gasteiger partial charge is 0.356 e. The largest absolute Gasteiger partial charge is 0.476 e. The van der Waals surface area contributed by atoms with Crippen molar-refractivity contribution >= 4 is 11.9 Å². The molecule has 0 fully saturated rings. The minimum atomic E-state index is -1.21. The second-order valence-electron chi connectivity index (χ2n) is 2.70. The lowest BCUT2D eigenvalue weighted by atomic mass is 10.2. The van der Waals surface area contributed by atoms with Crippen LogP contribution in [-0.2, 0) is 0 Å². The van der Waals surface area contributed by atoms with Crippen LogP contribution in [0.1, 0.15) is 32.4 Å². The van der Waals surface area contributed by atoms with Gasteiger partial charge in [0.25, 0.3) is 0 Å². The molecule has 0 amide bonds. The average molecular weight is 232 g/mol. The van der Waals surface area contributed by atoms with Crippen molar-refractivity contribution in [2.45, 2.75) is 13.8 Å². The SMILES string of the molecule is Cc1nc(C(=O)O)c(C)nc1C(=O)O.O.O. The monoisotopic (exact) mass is 232 g/mol. The molecule has 0 saturated carbocycles. The number of carbonyl (C=O) groups is 2. The molecule has 0 aliphatic rings. The second-order valence-corrected chi connectivity index (χ2v) is 2.70. The zero-order valence-corrected chi connectivity index (χ0v) is 8.61. The third-order valence-corrected chi connectivity index (χ3v) is 1.65. The lowest BCUT2D eigenvalue weighted by molar-refractivity contribution is 0.0668. The summed E-state index contributed by atoms with van der Waals surface area (Å²) in [6.45, 7) is 2.81. The summed E-state index contributed by atoms with van der Waals surface area (Å²) in [5, 5.41) is 17.3. The first-order chi connectivity index (χ1) is 6.43. The van der Waals surface area contributed by atoms with Gasteiger partial charge in [0.15, 0.2) is 11.4 Å². The fraction of sp³-hybridized carbons (Fsp3) is 0.250. The van der Waals surface area contributed by atoms with Gasteiger partial charge >= 0.3 is 11.9 Å². The fourth-order valence-electron chi connectivity index (χ4n) is 1.01. The number of hydrogen-bond donors (Lipinski definition) is 2. The highest BCUT2D eigenvalue weighted by Gasteiger charge is 2.17. The number of carboxylic acids is 2. The van der Waals surface area contributed by atoms with Crippen LogP contribution in [0.2, 0.25) is 0 Å². The first-order valence-electron chi connectivity index (χ1n) is 3.75. The predicted octanol–water partition coefficient (Wildman–Crippen LogP) is -1.16. The molecule has 8 heteroatoms.